The molecule has 0 aliphatic heterocycles. The summed E-state index contributed by atoms with van der Waals surface area (Å²) in [7, 11) is 0. The maximum Gasteiger partial charge on any atom is 0.240 e. The van der Waals surface area contributed by atoms with Gasteiger partial charge in [-0.3, -0.25) is 4.79 Å². The highest BCUT2D eigenvalue weighted by Crippen LogP contribution is 2.19. The Kier molecular flexibility index (Phi) is 4.42. The van der Waals surface area contributed by atoms with Crippen molar-refractivity contribution in [1.82, 2.24) is 15.2 Å². The normalized spacial score (nSPS) is 16.6. The van der Waals surface area contributed by atoms with Crippen molar-refractivity contribution in [2.75, 3.05) is 0 Å². The number of hydrogen-bond acceptors (Lipinski definition) is 2. The summed E-state index contributed by atoms with van der Waals surface area (Å²) in [6.45, 7) is 5.38. The number of rotatable bonds is 7. The SMILES string of the molecule is CCC(C)NC(=O)Cn1cccc1CNC1CC1. The smallest absolute Gasteiger partial charge is 0.240 e. The third-order valence-electron chi connectivity index (χ3n) is 3.41. The Balaban J connectivity index is 1.83. The Morgan fingerprint density at radius 3 is 3.00 bits per heavy atom. The molecule has 4 heteroatoms. The fourth-order valence-electron chi connectivity index (χ4n) is 1.88. The van der Waals surface area contributed by atoms with Crippen LogP contribution >= 0.6 is 0 Å². The van der Waals surface area contributed by atoms with Crippen LogP contribution in [0.2, 0.25) is 0 Å². The van der Waals surface area contributed by atoms with E-state index in [1.165, 1.54) is 18.5 Å². The van der Waals surface area contributed by atoms with Crippen LogP contribution in [0.15, 0.2) is 18.3 Å². The first-order valence-electron chi connectivity index (χ1n) is 6.85. The van der Waals surface area contributed by atoms with E-state index in [4.69, 9.17) is 0 Å². The molecule has 0 aromatic carbocycles. The molecule has 0 spiro atoms. The molecule has 100 valence electrons. The van der Waals surface area contributed by atoms with Crippen molar-refractivity contribution in [2.45, 2.75) is 58.3 Å². The number of nitrogens with zero attached hydrogens (tertiary/aromatic N) is 1. The van der Waals surface area contributed by atoms with Gasteiger partial charge in [-0.15, -0.1) is 0 Å². The molecule has 1 unspecified atom stereocenters. The van der Waals surface area contributed by atoms with Gasteiger partial charge in [0.1, 0.15) is 6.54 Å². The standard InChI is InChI=1S/C14H23N3O/c1-3-11(2)16-14(18)10-17-8-4-5-13(17)9-15-12-6-7-12/h4-5,8,11-12,15H,3,6-7,9-10H2,1-2H3,(H,16,18). The zero-order valence-corrected chi connectivity index (χ0v) is 11.3. The molecule has 1 aromatic rings. The van der Waals surface area contributed by atoms with Crippen molar-refractivity contribution in [1.29, 1.82) is 0 Å². The highest BCUT2D eigenvalue weighted by atomic mass is 16.2. The van der Waals surface area contributed by atoms with Gasteiger partial charge >= 0.3 is 0 Å². The van der Waals surface area contributed by atoms with Crippen molar-refractivity contribution in [2.24, 2.45) is 0 Å². The third-order valence-corrected chi connectivity index (χ3v) is 3.41. The van der Waals surface area contributed by atoms with Crippen molar-refractivity contribution < 1.29 is 4.79 Å². The van der Waals surface area contributed by atoms with Crippen LogP contribution in [0.3, 0.4) is 0 Å². The van der Waals surface area contributed by atoms with Crippen LogP contribution in [0.4, 0.5) is 0 Å². The monoisotopic (exact) mass is 249 g/mol. The highest BCUT2D eigenvalue weighted by Gasteiger charge is 2.20. The Bertz CT molecular complexity index is 395. The summed E-state index contributed by atoms with van der Waals surface area (Å²) in [5.74, 6) is 0.0909. The van der Waals surface area contributed by atoms with Gasteiger partial charge in [-0.2, -0.15) is 0 Å². The molecule has 18 heavy (non-hydrogen) atoms. The largest absolute Gasteiger partial charge is 0.352 e. The summed E-state index contributed by atoms with van der Waals surface area (Å²) in [4.78, 5) is 11.8. The number of hydrogen-bond donors (Lipinski definition) is 2. The Morgan fingerprint density at radius 2 is 2.33 bits per heavy atom. The van der Waals surface area contributed by atoms with Crippen LogP contribution in [0.5, 0.6) is 0 Å². The Hall–Kier alpha value is -1.29. The first-order valence-corrected chi connectivity index (χ1v) is 6.85. The predicted octanol–water partition coefficient (Wildman–Crippen LogP) is 1.65. The number of carbonyl (C=O) groups excluding carboxylic acids is 1. The van der Waals surface area contributed by atoms with Gasteiger partial charge in [0, 0.05) is 30.5 Å². The summed E-state index contributed by atoms with van der Waals surface area (Å²) in [5.41, 5.74) is 1.18. The average Bonchev–Trinajstić information content (AvgIpc) is 3.08. The minimum atomic E-state index is 0.0909. The molecule has 2 rings (SSSR count). The quantitative estimate of drug-likeness (QED) is 0.772. The van der Waals surface area contributed by atoms with Gasteiger partial charge in [0.25, 0.3) is 0 Å². The molecule has 1 atom stereocenters. The lowest BCUT2D eigenvalue weighted by molar-refractivity contribution is -0.122. The van der Waals surface area contributed by atoms with E-state index in [0.717, 1.165) is 13.0 Å². The van der Waals surface area contributed by atoms with Gasteiger partial charge in [0.2, 0.25) is 5.91 Å². The lowest BCUT2D eigenvalue weighted by Crippen LogP contribution is -2.35. The summed E-state index contributed by atoms with van der Waals surface area (Å²) in [5, 5.41) is 6.46. The van der Waals surface area contributed by atoms with Crippen molar-refractivity contribution >= 4 is 5.91 Å². The predicted molar refractivity (Wildman–Crippen MR) is 72.2 cm³/mol. The van der Waals surface area contributed by atoms with E-state index in [2.05, 4.69) is 23.6 Å². The van der Waals surface area contributed by atoms with E-state index in [0.29, 0.717) is 12.6 Å². The Labute approximate surface area is 109 Å². The molecule has 1 aromatic heterocycles. The van der Waals surface area contributed by atoms with E-state index in [1.807, 2.05) is 23.8 Å². The summed E-state index contributed by atoms with van der Waals surface area (Å²) in [6, 6.07) is 5.02. The molecule has 0 radical (unpaired) electrons. The molecule has 1 heterocycles. The van der Waals surface area contributed by atoms with E-state index < -0.39 is 0 Å². The first kappa shape index (κ1) is 13.1. The number of nitrogens with one attached hydrogen (secondary N) is 2. The maximum atomic E-state index is 11.8. The minimum absolute atomic E-state index is 0.0909. The molecule has 1 saturated carbocycles. The van der Waals surface area contributed by atoms with Crippen LogP contribution in [0.25, 0.3) is 0 Å². The average molecular weight is 249 g/mol. The number of amides is 1. The Morgan fingerprint density at radius 1 is 1.56 bits per heavy atom. The fraction of sp³-hybridized carbons (Fsp3) is 0.643. The zero-order valence-electron chi connectivity index (χ0n) is 11.3. The molecule has 1 aliphatic carbocycles. The molecule has 1 fully saturated rings. The summed E-state index contributed by atoms with van der Waals surface area (Å²) >= 11 is 0. The fourth-order valence-corrected chi connectivity index (χ4v) is 1.88. The lowest BCUT2D eigenvalue weighted by Gasteiger charge is -2.13. The third kappa shape index (κ3) is 3.88. The van der Waals surface area contributed by atoms with Gasteiger partial charge in [-0.05, 0) is 38.3 Å². The van der Waals surface area contributed by atoms with Crippen molar-refractivity contribution in [3.63, 3.8) is 0 Å². The van der Waals surface area contributed by atoms with Crippen molar-refractivity contribution in [3.8, 4) is 0 Å². The van der Waals surface area contributed by atoms with Gasteiger partial charge in [-0.1, -0.05) is 6.92 Å². The van der Waals surface area contributed by atoms with Gasteiger partial charge in [-0.25, -0.2) is 0 Å². The second-order valence-corrected chi connectivity index (χ2v) is 5.16. The second-order valence-electron chi connectivity index (χ2n) is 5.16. The number of carbonyl (C=O) groups is 1. The van der Waals surface area contributed by atoms with E-state index >= 15 is 0 Å². The van der Waals surface area contributed by atoms with Gasteiger partial charge in [0.05, 0.1) is 0 Å². The van der Waals surface area contributed by atoms with Gasteiger partial charge in [0.15, 0.2) is 0 Å². The zero-order chi connectivity index (χ0) is 13.0. The van der Waals surface area contributed by atoms with Crippen LogP contribution in [0, 0.1) is 0 Å². The van der Waals surface area contributed by atoms with Crippen LogP contribution in [0.1, 0.15) is 38.8 Å². The van der Waals surface area contributed by atoms with Crippen LogP contribution < -0.4 is 10.6 Å². The van der Waals surface area contributed by atoms with E-state index in [1.54, 1.807) is 0 Å². The first-order chi connectivity index (χ1) is 8.69. The molecule has 4 nitrogen and oxygen atoms in total. The van der Waals surface area contributed by atoms with Crippen molar-refractivity contribution in [3.05, 3.63) is 24.0 Å². The molecule has 1 amide bonds. The molecule has 0 bridgehead atoms. The van der Waals surface area contributed by atoms with Crippen LogP contribution in [-0.2, 0) is 17.9 Å². The molecule has 2 N–H and O–H groups in total. The van der Waals surface area contributed by atoms with E-state index in [-0.39, 0.29) is 11.9 Å². The molecule has 1 aliphatic rings. The van der Waals surface area contributed by atoms with Gasteiger partial charge < -0.3 is 15.2 Å². The second kappa shape index (κ2) is 6.05. The molecular formula is C14H23N3O. The number of aromatic nitrogens is 1. The summed E-state index contributed by atoms with van der Waals surface area (Å²) in [6.07, 6.45) is 5.51. The topological polar surface area (TPSA) is 46.1 Å². The highest BCUT2D eigenvalue weighted by molar-refractivity contribution is 5.76. The molecule has 0 saturated heterocycles. The lowest BCUT2D eigenvalue weighted by atomic mass is 10.2. The maximum absolute atomic E-state index is 11.8. The van der Waals surface area contributed by atoms with E-state index in [9.17, 15) is 4.79 Å². The molecular weight excluding hydrogens is 226 g/mol. The summed E-state index contributed by atoms with van der Waals surface area (Å²) < 4.78 is 2.02. The minimum Gasteiger partial charge on any atom is -0.352 e. The van der Waals surface area contributed by atoms with Crippen LogP contribution in [-0.4, -0.2) is 22.6 Å².